The van der Waals surface area contributed by atoms with Crippen LogP contribution in [0.4, 0.5) is 4.39 Å². The number of rotatable bonds is 2. The van der Waals surface area contributed by atoms with Crippen LogP contribution in [-0.4, -0.2) is 24.0 Å². The number of hydrogen-bond donors (Lipinski definition) is 0. The molecule has 0 aliphatic heterocycles. The van der Waals surface area contributed by atoms with E-state index in [1.807, 2.05) is 0 Å². The minimum absolute atomic E-state index is 0.0344. The van der Waals surface area contributed by atoms with Gasteiger partial charge in [0.25, 0.3) is 0 Å². The van der Waals surface area contributed by atoms with Gasteiger partial charge in [-0.3, -0.25) is 9.59 Å². The zero-order chi connectivity index (χ0) is 19.6. The Hall–Kier alpha value is -1.19. The van der Waals surface area contributed by atoms with Gasteiger partial charge in [0, 0.05) is 24.3 Å². The van der Waals surface area contributed by atoms with Crippen molar-refractivity contribution >= 4 is 11.8 Å². The maximum atomic E-state index is 14.3. The number of Topliss-reactive ketones (excluding diaryl/α,β-unsaturated/α-hetero) is 1. The third-order valence-electron chi connectivity index (χ3n) is 8.79. The summed E-state index contributed by atoms with van der Waals surface area (Å²) in [4.78, 5) is 24.0. The van der Waals surface area contributed by atoms with Crippen molar-refractivity contribution in [2.24, 2.45) is 28.6 Å². The van der Waals surface area contributed by atoms with Crippen molar-refractivity contribution in [2.75, 3.05) is 0 Å². The van der Waals surface area contributed by atoms with E-state index in [0.717, 1.165) is 50.5 Å². The van der Waals surface area contributed by atoms with E-state index in [2.05, 4.69) is 13.8 Å². The summed E-state index contributed by atoms with van der Waals surface area (Å²) in [5.74, 6) is 1.56. The first kappa shape index (κ1) is 19.1. The minimum atomic E-state index is -1.16. The summed E-state index contributed by atoms with van der Waals surface area (Å²) >= 11 is 0. The van der Waals surface area contributed by atoms with Gasteiger partial charge in [-0.05, 0) is 75.0 Å². The van der Waals surface area contributed by atoms with Gasteiger partial charge in [0.2, 0.25) is 0 Å². The number of ether oxygens (including phenoxy) is 1. The third-order valence-corrected chi connectivity index (χ3v) is 8.79. The van der Waals surface area contributed by atoms with E-state index in [-0.39, 0.29) is 28.7 Å². The van der Waals surface area contributed by atoms with Crippen LogP contribution in [-0.2, 0) is 14.3 Å². The smallest absolute Gasteiger partial charge is 0.302 e. The lowest BCUT2D eigenvalue weighted by Gasteiger charge is -2.58. The first-order valence-corrected chi connectivity index (χ1v) is 10.8. The fourth-order valence-electron chi connectivity index (χ4n) is 7.56. The number of alkyl halides is 1. The van der Waals surface area contributed by atoms with Crippen molar-refractivity contribution in [1.82, 2.24) is 0 Å². The highest BCUT2D eigenvalue weighted by Gasteiger charge is 2.60. The lowest BCUT2D eigenvalue weighted by Crippen LogP contribution is -2.52. The van der Waals surface area contributed by atoms with Crippen LogP contribution < -0.4 is 0 Å². The summed E-state index contributed by atoms with van der Waals surface area (Å²) < 4.78 is 20.0. The Balaban J connectivity index is 1.67. The van der Waals surface area contributed by atoms with Crippen molar-refractivity contribution in [3.05, 3.63) is 11.1 Å². The molecule has 0 bridgehead atoms. The van der Waals surface area contributed by atoms with Crippen LogP contribution >= 0.6 is 0 Å². The number of esters is 1. The molecule has 0 saturated heterocycles. The van der Waals surface area contributed by atoms with E-state index in [9.17, 15) is 14.0 Å². The summed E-state index contributed by atoms with van der Waals surface area (Å²) in [6.45, 7) is 7.66. The monoisotopic (exact) mass is 376 g/mol. The average Bonchev–Trinajstić information content (AvgIpc) is 2.91. The second-order valence-corrected chi connectivity index (χ2v) is 9.98. The highest BCUT2D eigenvalue weighted by atomic mass is 19.1. The van der Waals surface area contributed by atoms with Crippen LogP contribution in [0.3, 0.4) is 0 Å². The fourth-order valence-corrected chi connectivity index (χ4v) is 7.56. The first-order chi connectivity index (χ1) is 12.7. The van der Waals surface area contributed by atoms with Crippen LogP contribution in [0.2, 0.25) is 0 Å². The summed E-state index contributed by atoms with van der Waals surface area (Å²) in [6.07, 6.45) is 6.40. The number of carbonyl (C=O) groups is 2. The second-order valence-electron chi connectivity index (χ2n) is 9.98. The van der Waals surface area contributed by atoms with E-state index in [4.69, 9.17) is 4.74 Å². The predicted molar refractivity (Wildman–Crippen MR) is 102 cm³/mol. The maximum absolute atomic E-state index is 14.3. The normalized spacial score (nSPS) is 45.0. The van der Waals surface area contributed by atoms with Crippen molar-refractivity contribution in [2.45, 2.75) is 91.3 Å². The summed E-state index contributed by atoms with van der Waals surface area (Å²) in [5.41, 5.74) is 1.67. The van der Waals surface area contributed by atoms with Gasteiger partial charge in [-0.15, -0.1) is 0 Å². The molecule has 0 heterocycles. The van der Waals surface area contributed by atoms with Crippen LogP contribution in [0.15, 0.2) is 11.1 Å². The Kier molecular flexibility index (Phi) is 4.55. The van der Waals surface area contributed by atoms with Crippen molar-refractivity contribution < 1.29 is 18.7 Å². The van der Waals surface area contributed by atoms with Crippen molar-refractivity contribution in [3.8, 4) is 0 Å². The molecule has 0 aromatic rings. The first-order valence-electron chi connectivity index (χ1n) is 10.8. The molecule has 3 fully saturated rings. The summed E-state index contributed by atoms with van der Waals surface area (Å²) in [7, 11) is 0. The molecule has 0 spiro atoms. The van der Waals surface area contributed by atoms with Gasteiger partial charge < -0.3 is 4.74 Å². The van der Waals surface area contributed by atoms with Gasteiger partial charge in [-0.2, -0.15) is 0 Å². The average molecular weight is 377 g/mol. The predicted octanol–water partition coefficient (Wildman–Crippen LogP) is 5.18. The molecule has 4 heteroatoms. The van der Waals surface area contributed by atoms with E-state index in [1.54, 1.807) is 0 Å². The molecule has 1 unspecified atom stereocenters. The molecule has 0 radical (unpaired) electrons. The number of halogens is 1. The van der Waals surface area contributed by atoms with Crippen molar-refractivity contribution in [3.63, 3.8) is 0 Å². The largest absolute Gasteiger partial charge is 0.462 e. The Bertz CT molecular complexity index is 696. The van der Waals surface area contributed by atoms with Gasteiger partial charge in [0.15, 0.2) is 5.78 Å². The standard InChI is InChI=1S/C23H33FO3/c1-13(24)21-18-6-5-15-16-7-8-20(27-14(2)25)23(16,4)11-9-17(15)22(18,3)12-10-19(21)26/h13,15-17,20H,5-12H2,1-4H3/t13?,15-,16-,17-,20-,22+,23-/m0/s1. The number of hydrogen-bond acceptors (Lipinski definition) is 3. The Labute approximate surface area is 162 Å². The Morgan fingerprint density at radius 2 is 1.85 bits per heavy atom. The molecule has 0 aromatic carbocycles. The number of carbonyl (C=O) groups excluding carboxylic acids is 2. The van der Waals surface area contributed by atoms with Gasteiger partial charge >= 0.3 is 5.97 Å². The van der Waals surface area contributed by atoms with E-state index in [1.165, 1.54) is 13.8 Å². The molecule has 0 aromatic heterocycles. The van der Waals surface area contributed by atoms with Crippen LogP contribution in [0.1, 0.15) is 79.1 Å². The third kappa shape index (κ3) is 2.73. The van der Waals surface area contributed by atoms with E-state index >= 15 is 0 Å². The molecule has 0 amide bonds. The van der Waals surface area contributed by atoms with E-state index in [0.29, 0.717) is 29.7 Å². The minimum Gasteiger partial charge on any atom is -0.462 e. The zero-order valence-electron chi connectivity index (χ0n) is 17.1. The topological polar surface area (TPSA) is 43.4 Å². The quantitative estimate of drug-likeness (QED) is 0.624. The Morgan fingerprint density at radius 3 is 2.52 bits per heavy atom. The van der Waals surface area contributed by atoms with Gasteiger partial charge in [0.1, 0.15) is 12.3 Å². The second kappa shape index (κ2) is 6.42. The van der Waals surface area contributed by atoms with Crippen LogP contribution in [0.5, 0.6) is 0 Å². The highest BCUT2D eigenvalue weighted by molar-refractivity contribution is 5.98. The molecular weight excluding hydrogens is 343 g/mol. The number of fused-ring (bicyclic) bond motifs is 5. The Morgan fingerprint density at radius 1 is 1.11 bits per heavy atom. The van der Waals surface area contributed by atoms with Crippen LogP contribution in [0.25, 0.3) is 0 Å². The lowest BCUT2D eigenvalue weighted by molar-refractivity contribution is -0.157. The maximum Gasteiger partial charge on any atom is 0.302 e. The molecule has 3 saturated carbocycles. The highest BCUT2D eigenvalue weighted by Crippen LogP contribution is 2.66. The van der Waals surface area contributed by atoms with Gasteiger partial charge in [-0.25, -0.2) is 4.39 Å². The lowest BCUT2D eigenvalue weighted by atomic mass is 9.46. The summed E-state index contributed by atoms with van der Waals surface area (Å²) in [5, 5.41) is 0. The number of allylic oxidation sites excluding steroid dienone is 1. The van der Waals surface area contributed by atoms with Gasteiger partial charge in [-0.1, -0.05) is 19.4 Å². The zero-order valence-corrected chi connectivity index (χ0v) is 17.1. The molecule has 150 valence electrons. The summed E-state index contributed by atoms with van der Waals surface area (Å²) in [6, 6.07) is 0. The molecule has 4 rings (SSSR count). The van der Waals surface area contributed by atoms with Crippen molar-refractivity contribution in [1.29, 1.82) is 0 Å². The molecule has 4 aliphatic rings. The molecule has 3 nitrogen and oxygen atoms in total. The molecule has 7 atom stereocenters. The molecule has 27 heavy (non-hydrogen) atoms. The van der Waals surface area contributed by atoms with Gasteiger partial charge in [0.05, 0.1) is 0 Å². The fraction of sp³-hybridized carbons (Fsp3) is 0.826. The molecule has 4 aliphatic carbocycles. The SMILES string of the molecule is CC(=O)O[C@H]1CC[C@H]2[C@@H]3CCC4=C(C(C)F)C(=O)CC[C@]4(C)[C@H]3CC[C@]12C. The van der Waals surface area contributed by atoms with Crippen LogP contribution in [0, 0.1) is 28.6 Å². The molecular formula is C23H33FO3. The number of ketones is 1. The van der Waals surface area contributed by atoms with E-state index < -0.39 is 6.17 Å². The molecule has 0 N–H and O–H groups in total.